The molecular formula is C9H15NO2S. The lowest BCUT2D eigenvalue weighted by atomic mass is 9.81. The largest absolute Gasteiger partial charge is 0.307 e. The van der Waals surface area contributed by atoms with Crippen LogP contribution in [0.3, 0.4) is 0 Å². The van der Waals surface area contributed by atoms with E-state index in [9.17, 15) is 8.42 Å². The van der Waals surface area contributed by atoms with Gasteiger partial charge in [-0.1, -0.05) is 13.0 Å². The third-order valence-electron chi connectivity index (χ3n) is 2.75. The van der Waals surface area contributed by atoms with Gasteiger partial charge in [0.15, 0.2) is 9.84 Å². The first-order valence-corrected chi connectivity index (χ1v) is 6.44. The highest BCUT2D eigenvalue weighted by atomic mass is 32.2. The Morgan fingerprint density at radius 2 is 2.08 bits per heavy atom. The maximum Gasteiger partial charge on any atom is 0.173 e. The molecule has 1 heterocycles. The molecule has 2 aliphatic rings. The first-order valence-electron chi connectivity index (χ1n) is 4.72. The topological polar surface area (TPSA) is 46.2 Å². The van der Waals surface area contributed by atoms with Crippen molar-refractivity contribution in [3.8, 4) is 0 Å². The molecule has 0 aromatic carbocycles. The molecule has 0 saturated heterocycles. The van der Waals surface area contributed by atoms with Gasteiger partial charge in [-0.15, -0.1) is 0 Å². The van der Waals surface area contributed by atoms with Crippen molar-refractivity contribution >= 4 is 9.84 Å². The molecule has 1 unspecified atom stereocenters. The fourth-order valence-corrected chi connectivity index (χ4v) is 3.27. The van der Waals surface area contributed by atoms with E-state index in [-0.39, 0.29) is 11.8 Å². The van der Waals surface area contributed by atoms with Crippen molar-refractivity contribution in [3.05, 3.63) is 11.5 Å². The molecule has 1 aliphatic heterocycles. The average Bonchev–Trinajstić information content (AvgIpc) is 2.27. The molecule has 4 heteroatoms. The average molecular weight is 201 g/mol. The molecule has 0 aromatic heterocycles. The van der Waals surface area contributed by atoms with E-state index in [2.05, 4.69) is 12.2 Å². The fourth-order valence-electron chi connectivity index (χ4n) is 2.02. The van der Waals surface area contributed by atoms with Gasteiger partial charge >= 0.3 is 0 Å². The number of rotatable bonds is 2. The van der Waals surface area contributed by atoms with Gasteiger partial charge in [0, 0.05) is 17.5 Å². The molecule has 74 valence electrons. The van der Waals surface area contributed by atoms with Gasteiger partial charge in [-0.3, -0.25) is 0 Å². The molecule has 1 atom stereocenters. The Hall–Kier alpha value is -0.350. The van der Waals surface area contributed by atoms with Gasteiger partial charge in [0.05, 0.1) is 5.75 Å². The van der Waals surface area contributed by atoms with E-state index in [1.807, 2.05) is 0 Å². The van der Waals surface area contributed by atoms with E-state index in [0.29, 0.717) is 6.04 Å². The van der Waals surface area contributed by atoms with Crippen molar-refractivity contribution < 1.29 is 8.42 Å². The zero-order chi connectivity index (χ0) is 9.47. The maximum atomic E-state index is 11.1. The van der Waals surface area contributed by atoms with E-state index >= 15 is 0 Å². The van der Waals surface area contributed by atoms with Crippen molar-refractivity contribution in [1.29, 1.82) is 0 Å². The van der Waals surface area contributed by atoms with Crippen molar-refractivity contribution in [2.24, 2.45) is 5.92 Å². The molecule has 1 aliphatic carbocycles. The third kappa shape index (κ3) is 2.11. The van der Waals surface area contributed by atoms with Crippen LogP contribution in [-0.2, 0) is 9.84 Å². The van der Waals surface area contributed by atoms with Crippen LogP contribution in [0.1, 0.15) is 19.8 Å². The molecule has 1 saturated carbocycles. The zero-order valence-electron chi connectivity index (χ0n) is 7.73. The summed E-state index contributed by atoms with van der Waals surface area (Å²) in [4.78, 5) is 0. The molecule has 2 rings (SSSR count). The van der Waals surface area contributed by atoms with Crippen LogP contribution in [0.5, 0.6) is 0 Å². The predicted molar refractivity (Wildman–Crippen MR) is 52.0 cm³/mol. The van der Waals surface area contributed by atoms with Crippen LogP contribution in [0.4, 0.5) is 0 Å². The summed E-state index contributed by atoms with van der Waals surface area (Å²) in [7, 11) is -2.88. The van der Waals surface area contributed by atoms with Gasteiger partial charge in [0.2, 0.25) is 0 Å². The van der Waals surface area contributed by atoms with Crippen LogP contribution >= 0.6 is 0 Å². The monoisotopic (exact) mass is 201 g/mol. The van der Waals surface area contributed by atoms with Crippen LogP contribution in [0.2, 0.25) is 0 Å². The summed E-state index contributed by atoms with van der Waals surface area (Å²) in [5.41, 5.74) is 0. The SMILES string of the molecule is CC1CC(NC2C=CS(=O)(=O)C2)C1. The van der Waals surface area contributed by atoms with Gasteiger partial charge in [0.1, 0.15) is 0 Å². The molecule has 1 N–H and O–H groups in total. The van der Waals surface area contributed by atoms with E-state index in [1.165, 1.54) is 18.2 Å². The minimum absolute atomic E-state index is 0.0579. The molecule has 0 radical (unpaired) electrons. The first kappa shape index (κ1) is 9.21. The van der Waals surface area contributed by atoms with Gasteiger partial charge in [-0.05, 0) is 18.8 Å². The minimum Gasteiger partial charge on any atom is -0.307 e. The van der Waals surface area contributed by atoms with Crippen LogP contribution in [-0.4, -0.2) is 26.3 Å². The van der Waals surface area contributed by atoms with Crippen LogP contribution < -0.4 is 5.32 Å². The Morgan fingerprint density at radius 1 is 1.38 bits per heavy atom. The second-order valence-electron chi connectivity index (χ2n) is 4.20. The Labute approximate surface area is 79.1 Å². The molecular weight excluding hydrogens is 186 g/mol. The highest BCUT2D eigenvalue weighted by Crippen LogP contribution is 2.27. The van der Waals surface area contributed by atoms with Crippen LogP contribution in [0.15, 0.2) is 11.5 Å². The van der Waals surface area contributed by atoms with Crippen molar-refractivity contribution in [2.75, 3.05) is 5.75 Å². The van der Waals surface area contributed by atoms with Crippen LogP contribution in [0.25, 0.3) is 0 Å². The number of sulfone groups is 1. The molecule has 1 fully saturated rings. The maximum absolute atomic E-state index is 11.1. The fraction of sp³-hybridized carbons (Fsp3) is 0.778. The van der Waals surface area contributed by atoms with E-state index in [0.717, 1.165) is 5.92 Å². The minimum atomic E-state index is -2.88. The van der Waals surface area contributed by atoms with Gasteiger partial charge in [-0.25, -0.2) is 8.42 Å². The zero-order valence-corrected chi connectivity index (χ0v) is 8.55. The van der Waals surface area contributed by atoms with E-state index in [4.69, 9.17) is 0 Å². The molecule has 0 bridgehead atoms. The predicted octanol–water partition coefficient (Wildman–Crippen LogP) is 0.685. The summed E-state index contributed by atoms with van der Waals surface area (Å²) < 4.78 is 22.1. The quantitative estimate of drug-likeness (QED) is 0.715. The second kappa shape index (κ2) is 3.10. The number of nitrogens with one attached hydrogen (secondary N) is 1. The first-order chi connectivity index (χ1) is 6.05. The lowest BCUT2D eigenvalue weighted by Crippen LogP contribution is -2.45. The van der Waals surface area contributed by atoms with Crippen molar-refractivity contribution in [1.82, 2.24) is 5.32 Å². The van der Waals surface area contributed by atoms with Crippen molar-refractivity contribution in [2.45, 2.75) is 31.8 Å². The smallest absolute Gasteiger partial charge is 0.173 e. The number of hydrogen-bond acceptors (Lipinski definition) is 3. The summed E-state index contributed by atoms with van der Waals surface area (Å²) in [5, 5.41) is 4.66. The normalized spacial score (nSPS) is 41.8. The molecule has 0 aromatic rings. The van der Waals surface area contributed by atoms with Crippen LogP contribution in [0, 0.1) is 5.92 Å². The highest BCUT2D eigenvalue weighted by molar-refractivity contribution is 7.94. The summed E-state index contributed by atoms with van der Waals surface area (Å²) in [6.45, 7) is 2.22. The Balaban J connectivity index is 1.83. The molecule has 3 nitrogen and oxygen atoms in total. The summed E-state index contributed by atoms with van der Waals surface area (Å²) >= 11 is 0. The van der Waals surface area contributed by atoms with Crippen molar-refractivity contribution in [3.63, 3.8) is 0 Å². The highest BCUT2D eigenvalue weighted by Gasteiger charge is 2.29. The third-order valence-corrected chi connectivity index (χ3v) is 4.15. The second-order valence-corrected chi connectivity index (χ2v) is 6.14. The standard InChI is InChI=1S/C9H15NO2S/c1-7-4-9(5-7)10-8-2-3-13(11,12)6-8/h2-3,7-10H,4-6H2,1H3. The molecule has 0 amide bonds. The van der Waals surface area contributed by atoms with E-state index < -0.39 is 9.84 Å². The van der Waals surface area contributed by atoms with Gasteiger partial charge < -0.3 is 5.32 Å². The van der Waals surface area contributed by atoms with Gasteiger partial charge in [0.25, 0.3) is 0 Å². The lowest BCUT2D eigenvalue weighted by molar-refractivity contribution is 0.235. The number of hydrogen-bond donors (Lipinski definition) is 1. The summed E-state index contributed by atoms with van der Waals surface area (Å²) in [6.07, 6.45) is 4.13. The Bertz CT molecular complexity index is 315. The Kier molecular flexibility index (Phi) is 2.20. The molecule has 0 spiro atoms. The molecule has 13 heavy (non-hydrogen) atoms. The summed E-state index contributed by atoms with van der Waals surface area (Å²) in [6, 6.07) is 0.598. The Morgan fingerprint density at radius 3 is 2.54 bits per heavy atom. The van der Waals surface area contributed by atoms with E-state index in [1.54, 1.807) is 6.08 Å². The van der Waals surface area contributed by atoms with Gasteiger partial charge in [-0.2, -0.15) is 0 Å². The lowest BCUT2D eigenvalue weighted by Gasteiger charge is -2.35. The summed E-state index contributed by atoms with van der Waals surface area (Å²) in [5.74, 6) is 1.05.